The molecule has 0 amide bonds. The number of para-hydroxylation sites is 1. The second-order valence-electron chi connectivity index (χ2n) is 25.2. The average Bonchev–Trinajstić information content (AvgIpc) is 3.91. The van der Waals surface area contributed by atoms with Crippen molar-refractivity contribution in [3.05, 3.63) is 198 Å². The molecule has 2 atom stereocenters. The summed E-state index contributed by atoms with van der Waals surface area (Å²) in [4.78, 5) is 5.11. The average molecular weight is 1170 g/mol. The molecule has 4 heterocycles. The van der Waals surface area contributed by atoms with Gasteiger partial charge in [0.25, 0.3) is 0 Å². The second kappa shape index (κ2) is 18.6. The fourth-order valence-electron chi connectivity index (χ4n) is 11.5. The zero-order valence-electron chi connectivity index (χ0n) is 46.7. The Morgan fingerprint density at radius 3 is 1.83 bits per heavy atom. The number of hydrogen-bond donors (Lipinski definition) is 0. The van der Waals surface area contributed by atoms with Crippen LogP contribution < -0.4 is 13.9 Å². The van der Waals surface area contributed by atoms with Crippen LogP contribution in [0.2, 0.25) is 0 Å². The molecule has 1 unspecified atom stereocenters. The van der Waals surface area contributed by atoms with Crippen LogP contribution in [0, 0.1) is 18.8 Å². The summed E-state index contributed by atoms with van der Waals surface area (Å²) < 4.78 is 10.4. The molecular weight excluding hydrogens is 1100 g/mol. The minimum absolute atomic E-state index is 0. The smallest absolute Gasteiger partial charge is 0.225 e. The third-order valence-corrected chi connectivity index (χ3v) is 15.9. The first-order valence-corrected chi connectivity index (χ1v) is 26.9. The summed E-state index contributed by atoms with van der Waals surface area (Å²) in [6, 6.07) is 59.7. The SMILES string of the molecule is CC(C)c1cc(C(C)C)c(-c2ccnc(-n3c4[c-]c(Oc5[c-]c([N+]67[CH-][N@+]6(c6cc(-c8ccccc8)cc(C(C)(C)C)c6)c6cc(C(C)(C)C)ccc67)cc(C(C)(C)C)c5)ccc4c4ccccc43)c2)c(C(C)C)c1.[Pt]. The Kier molecular flexibility index (Phi) is 13.0. The molecule has 0 radical (unpaired) electrons. The molecule has 2 aromatic heterocycles. The number of nitrogens with zero attached hydrogens (tertiary/aromatic N) is 4. The number of hydrogen-bond acceptors (Lipinski definition) is 2. The normalized spacial score (nSPS) is 17.3. The van der Waals surface area contributed by atoms with E-state index in [4.69, 9.17) is 9.72 Å². The van der Waals surface area contributed by atoms with Gasteiger partial charge >= 0.3 is 0 Å². The van der Waals surface area contributed by atoms with Crippen molar-refractivity contribution < 1.29 is 25.8 Å². The molecular formula is C69H73N4OPt-. The number of pyridine rings is 1. The Bertz CT molecular complexity index is 3640. The van der Waals surface area contributed by atoms with Crippen molar-refractivity contribution in [3.63, 3.8) is 0 Å². The molecule has 0 spiro atoms. The van der Waals surface area contributed by atoms with E-state index in [0.717, 1.165) is 33.3 Å². The van der Waals surface area contributed by atoms with Gasteiger partial charge in [-0.05, 0) is 108 Å². The van der Waals surface area contributed by atoms with E-state index in [1.165, 1.54) is 72.7 Å². The van der Waals surface area contributed by atoms with Crippen molar-refractivity contribution in [3.8, 4) is 39.6 Å². The molecule has 2 aliphatic heterocycles. The van der Waals surface area contributed by atoms with Crippen molar-refractivity contribution in [2.45, 2.75) is 138 Å². The van der Waals surface area contributed by atoms with Gasteiger partial charge in [-0.1, -0.05) is 188 Å². The van der Waals surface area contributed by atoms with Gasteiger partial charge in [0, 0.05) is 68.5 Å². The van der Waals surface area contributed by atoms with E-state index in [0.29, 0.717) is 38.4 Å². The van der Waals surface area contributed by atoms with Crippen LogP contribution in [0.1, 0.15) is 155 Å². The molecule has 5 nitrogen and oxygen atoms in total. The Labute approximate surface area is 461 Å². The van der Waals surface area contributed by atoms with Crippen molar-refractivity contribution in [2.24, 2.45) is 0 Å². The molecule has 9 aromatic rings. The molecule has 11 rings (SSSR count). The maximum Gasteiger partial charge on any atom is 0.225 e. The van der Waals surface area contributed by atoms with Crippen molar-refractivity contribution in [1.29, 1.82) is 0 Å². The van der Waals surface area contributed by atoms with Crippen LogP contribution in [0.4, 0.5) is 22.7 Å². The monoisotopic (exact) mass is 1170 g/mol. The summed E-state index contributed by atoms with van der Waals surface area (Å²) in [5.41, 5.74) is 19.5. The van der Waals surface area contributed by atoms with E-state index >= 15 is 0 Å². The zero-order chi connectivity index (χ0) is 52.4. The molecule has 0 bridgehead atoms. The molecule has 1 saturated heterocycles. The number of benzene rings is 7. The molecule has 6 heteroatoms. The van der Waals surface area contributed by atoms with Gasteiger partial charge < -0.3 is 9.30 Å². The Morgan fingerprint density at radius 2 is 1.17 bits per heavy atom. The van der Waals surface area contributed by atoms with Gasteiger partial charge in [-0.25, -0.2) is 9.58 Å². The van der Waals surface area contributed by atoms with E-state index in [-0.39, 0.29) is 37.3 Å². The molecule has 7 aromatic carbocycles. The first kappa shape index (κ1) is 52.3. The van der Waals surface area contributed by atoms with Crippen molar-refractivity contribution >= 4 is 44.6 Å². The molecule has 386 valence electrons. The second-order valence-corrected chi connectivity index (χ2v) is 25.2. The number of fused-ring (bicyclic) bond motifs is 7. The standard InChI is InChI=1S/C69H73N4O.Pt/c1-43(2)48-33-59(44(3)4)66(60(34-48)45(5)6)47-29-30-70-65(35-47)71-61-24-20-19-23-57(61)58-27-26-55(41-62(58)71)74-56-38-52(69(13,14)15)37-54(40-56)72-42-73(72,64-39-50(67(7,8)9)25-28-63(64)72)53-32-49(46-21-17-16-18-22-46)31-51(36-53)68(10,11)12;/h16-39,42-45H,1-15H3;/q-1;/t72?,73-;/m0./s1. The van der Waals surface area contributed by atoms with Crippen LogP contribution in [0.25, 0.3) is 49.9 Å². The third-order valence-electron chi connectivity index (χ3n) is 15.9. The molecule has 2 aliphatic rings. The maximum atomic E-state index is 7.10. The van der Waals surface area contributed by atoms with Gasteiger partial charge in [0.2, 0.25) is 11.4 Å². The van der Waals surface area contributed by atoms with Crippen molar-refractivity contribution in [2.75, 3.05) is 0 Å². The first-order chi connectivity index (χ1) is 35.0. The summed E-state index contributed by atoms with van der Waals surface area (Å²) in [5.74, 6) is 3.29. The van der Waals surface area contributed by atoms with Crippen LogP contribution >= 0.6 is 0 Å². The quantitative estimate of drug-likeness (QED) is 0.0775. The van der Waals surface area contributed by atoms with Gasteiger partial charge in [0.05, 0.1) is 5.69 Å². The summed E-state index contributed by atoms with van der Waals surface area (Å²) in [6.07, 6.45) is 1.97. The topological polar surface area (TPSA) is 27.1 Å². The van der Waals surface area contributed by atoms with Gasteiger partial charge in [-0.2, -0.15) is 10.7 Å². The number of aromatic nitrogens is 2. The van der Waals surface area contributed by atoms with Crippen LogP contribution in [0.5, 0.6) is 11.5 Å². The predicted molar refractivity (Wildman–Crippen MR) is 312 cm³/mol. The number of ether oxygens (including phenoxy) is 1. The molecule has 75 heavy (non-hydrogen) atoms. The zero-order valence-corrected chi connectivity index (χ0v) is 49.0. The summed E-state index contributed by atoms with van der Waals surface area (Å²) in [7, 11) is 0. The maximum absolute atomic E-state index is 7.10. The third kappa shape index (κ3) is 8.72. The molecule has 0 aliphatic carbocycles. The van der Waals surface area contributed by atoms with E-state index in [9.17, 15) is 0 Å². The molecule has 0 saturated carbocycles. The fraction of sp³-hybridized carbons (Fsp3) is 0.304. The van der Waals surface area contributed by atoms with Crippen LogP contribution in [0.3, 0.4) is 0 Å². The van der Waals surface area contributed by atoms with Gasteiger partial charge in [-0.3, -0.25) is 0 Å². The van der Waals surface area contributed by atoms with E-state index in [2.05, 4.69) is 267 Å². The minimum Gasteiger partial charge on any atom is -0.509 e. The minimum atomic E-state index is -0.181. The van der Waals surface area contributed by atoms with Crippen molar-refractivity contribution in [1.82, 2.24) is 18.7 Å². The number of quaternary nitrogens is 2. The van der Waals surface area contributed by atoms with Crippen LogP contribution in [-0.2, 0) is 37.3 Å². The van der Waals surface area contributed by atoms with E-state index < -0.39 is 0 Å². The predicted octanol–water partition coefficient (Wildman–Crippen LogP) is 19.5. The van der Waals surface area contributed by atoms with Gasteiger partial charge in [0.1, 0.15) is 5.82 Å². The molecule has 1 fully saturated rings. The van der Waals surface area contributed by atoms with Gasteiger partial charge in [-0.15, -0.1) is 35.2 Å². The van der Waals surface area contributed by atoms with E-state index in [1.54, 1.807) is 0 Å². The first-order valence-electron chi connectivity index (χ1n) is 26.9. The Balaban J connectivity index is 0.00000641. The summed E-state index contributed by atoms with van der Waals surface area (Å²) in [5, 5.41) is 2.24. The largest absolute Gasteiger partial charge is 0.509 e. The number of rotatable bonds is 10. The Morgan fingerprint density at radius 1 is 0.520 bits per heavy atom. The van der Waals surface area contributed by atoms with Gasteiger partial charge in [0.15, 0.2) is 12.4 Å². The van der Waals surface area contributed by atoms with E-state index in [1.807, 2.05) is 6.20 Å². The van der Waals surface area contributed by atoms with Crippen LogP contribution in [0.15, 0.2) is 146 Å². The summed E-state index contributed by atoms with van der Waals surface area (Å²) >= 11 is 0. The van der Waals surface area contributed by atoms with Crippen LogP contribution in [-0.4, -0.2) is 9.55 Å². The molecule has 0 N–H and O–H groups in total. The fourth-order valence-corrected chi connectivity index (χ4v) is 11.5. The Hall–Kier alpha value is -6.10. The summed E-state index contributed by atoms with van der Waals surface area (Å²) in [6.45, 7) is 37.1.